The average Bonchev–Trinajstić information content (AvgIpc) is 2.69. The second-order valence-corrected chi connectivity index (χ2v) is 3.76. The molecular weight excluding hydrogens is 180 g/mol. The summed E-state index contributed by atoms with van der Waals surface area (Å²) in [7, 11) is 0. The molecule has 1 aromatic heterocycles. The monoisotopic (exact) mass is 194 g/mol. The van der Waals surface area contributed by atoms with E-state index < -0.39 is 0 Å². The molecule has 4 nitrogen and oxygen atoms in total. The molecule has 0 unspecified atom stereocenters. The van der Waals surface area contributed by atoms with Crippen molar-refractivity contribution < 1.29 is 5.11 Å². The van der Waals surface area contributed by atoms with Crippen LogP contribution in [0.2, 0.25) is 0 Å². The maximum absolute atomic E-state index is 11.2. The van der Waals surface area contributed by atoms with Gasteiger partial charge in [0.05, 0.1) is 5.69 Å². The van der Waals surface area contributed by atoms with Gasteiger partial charge in [-0.2, -0.15) is 0 Å². The molecule has 0 radical (unpaired) electrons. The molecule has 1 aromatic rings. The zero-order chi connectivity index (χ0) is 9.97. The van der Waals surface area contributed by atoms with E-state index in [1.807, 2.05) is 0 Å². The quantitative estimate of drug-likeness (QED) is 0.735. The van der Waals surface area contributed by atoms with E-state index in [-0.39, 0.29) is 12.2 Å². The highest BCUT2D eigenvalue weighted by atomic mass is 16.3. The third kappa shape index (κ3) is 1.85. The lowest BCUT2D eigenvalue weighted by molar-refractivity contribution is 0.270. The van der Waals surface area contributed by atoms with E-state index >= 15 is 0 Å². The Morgan fingerprint density at radius 1 is 1.50 bits per heavy atom. The van der Waals surface area contributed by atoms with Crippen molar-refractivity contribution in [2.75, 3.05) is 0 Å². The number of rotatable bonds is 2. The molecule has 2 N–H and O–H groups in total. The van der Waals surface area contributed by atoms with Gasteiger partial charge in [-0.15, -0.1) is 0 Å². The molecule has 0 saturated heterocycles. The van der Waals surface area contributed by atoms with Gasteiger partial charge in [-0.1, -0.05) is 12.8 Å². The van der Waals surface area contributed by atoms with Crippen molar-refractivity contribution in [2.45, 2.75) is 38.2 Å². The Morgan fingerprint density at radius 2 is 2.21 bits per heavy atom. The highest BCUT2D eigenvalue weighted by Gasteiger charge is 2.19. The molecule has 0 amide bonds. The number of hydrogen-bond donors (Lipinski definition) is 2. The summed E-state index contributed by atoms with van der Waals surface area (Å²) >= 11 is 0. The predicted octanol–water partition coefficient (Wildman–Crippen LogP) is 0.920. The summed E-state index contributed by atoms with van der Waals surface area (Å²) in [6.07, 6.45) is 4.66. The van der Waals surface area contributed by atoms with Crippen LogP contribution in [-0.2, 0) is 6.61 Å². The van der Waals surface area contributed by atoms with E-state index in [0.717, 1.165) is 18.5 Å². The van der Waals surface area contributed by atoms with Gasteiger partial charge < -0.3 is 10.1 Å². The van der Waals surface area contributed by atoms with Crippen molar-refractivity contribution in [3.8, 4) is 0 Å². The lowest BCUT2D eigenvalue weighted by Crippen LogP contribution is -2.14. The number of aromatic nitrogens is 2. The van der Waals surface area contributed by atoms with E-state index in [0.29, 0.717) is 11.7 Å². The largest absolute Gasteiger partial charge is 0.388 e. The summed E-state index contributed by atoms with van der Waals surface area (Å²) < 4.78 is 0. The van der Waals surface area contributed by atoms with Gasteiger partial charge in [0.15, 0.2) is 0 Å². The van der Waals surface area contributed by atoms with Crippen LogP contribution in [0.1, 0.15) is 43.1 Å². The Labute approximate surface area is 82.0 Å². The van der Waals surface area contributed by atoms with E-state index in [1.54, 1.807) is 6.07 Å². The van der Waals surface area contributed by atoms with Crippen molar-refractivity contribution in [2.24, 2.45) is 0 Å². The van der Waals surface area contributed by atoms with Crippen molar-refractivity contribution in [1.29, 1.82) is 0 Å². The number of nitrogens with zero attached hydrogens (tertiary/aromatic N) is 1. The van der Waals surface area contributed by atoms with Crippen LogP contribution in [0.25, 0.3) is 0 Å². The van der Waals surface area contributed by atoms with Crippen molar-refractivity contribution in [3.63, 3.8) is 0 Å². The van der Waals surface area contributed by atoms with Gasteiger partial charge in [-0.3, -0.25) is 4.79 Å². The van der Waals surface area contributed by atoms with Crippen LogP contribution in [0.5, 0.6) is 0 Å². The number of aliphatic hydroxyl groups excluding tert-OH is 1. The van der Waals surface area contributed by atoms with Gasteiger partial charge >= 0.3 is 0 Å². The minimum Gasteiger partial charge on any atom is -0.388 e. The fourth-order valence-corrected chi connectivity index (χ4v) is 2.03. The SMILES string of the molecule is O=c1cc(C2CCCC2)nc(CO)[nH]1. The first-order valence-electron chi connectivity index (χ1n) is 5.00. The highest BCUT2D eigenvalue weighted by Crippen LogP contribution is 2.32. The average molecular weight is 194 g/mol. The summed E-state index contributed by atoms with van der Waals surface area (Å²) in [6, 6.07) is 1.55. The molecule has 1 fully saturated rings. The topological polar surface area (TPSA) is 66.0 Å². The maximum atomic E-state index is 11.2. The summed E-state index contributed by atoms with van der Waals surface area (Å²) in [5, 5.41) is 8.90. The normalized spacial score (nSPS) is 17.5. The summed E-state index contributed by atoms with van der Waals surface area (Å²) in [4.78, 5) is 18.0. The number of H-pyrrole nitrogens is 1. The first-order chi connectivity index (χ1) is 6.79. The third-order valence-corrected chi connectivity index (χ3v) is 2.73. The van der Waals surface area contributed by atoms with Crippen LogP contribution in [0, 0.1) is 0 Å². The molecule has 14 heavy (non-hydrogen) atoms. The van der Waals surface area contributed by atoms with Crippen molar-refractivity contribution in [1.82, 2.24) is 9.97 Å². The molecule has 1 aliphatic carbocycles. The van der Waals surface area contributed by atoms with E-state index in [4.69, 9.17) is 5.11 Å². The molecule has 0 aliphatic heterocycles. The Morgan fingerprint density at radius 3 is 2.86 bits per heavy atom. The first kappa shape index (κ1) is 9.40. The van der Waals surface area contributed by atoms with E-state index in [1.165, 1.54) is 12.8 Å². The standard InChI is InChI=1S/C10H14N2O2/c13-6-9-11-8(5-10(14)12-9)7-3-1-2-4-7/h5,7,13H,1-4,6H2,(H,11,12,14). The van der Waals surface area contributed by atoms with Gasteiger partial charge in [0, 0.05) is 12.0 Å². The van der Waals surface area contributed by atoms with Crippen LogP contribution < -0.4 is 5.56 Å². The predicted molar refractivity (Wildman–Crippen MR) is 52.0 cm³/mol. The minimum atomic E-state index is -0.199. The molecular formula is C10H14N2O2. The Kier molecular flexibility index (Phi) is 2.63. The number of hydrogen-bond acceptors (Lipinski definition) is 3. The molecule has 0 spiro atoms. The van der Waals surface area contributed by atoms with Gasteiger partial charge in [-0.05, 0) is 12.8 Å². The van der Waals surface area contributed by atoms with Crippen molar-refractivity contribution >= 4 is 0 Å². The molecule has 0 atom stereocenters. The summed E-state index contributed by atoms with van der Waals surface area (Å²) in [6.45, 7) is -0.199. The van der Waals surface area contributed by atoms with Gasteiger partial charge in [-0.25, -0.2) is 4.98 Å². The van der Waals surface area contributed by atoms with Gasteiger partial charge in [0.2, 0.25) is 0 Å². The number of aliphatic hydroxyl groups is 1. The van der Waals surface area contributed by atoms with Crippen LogP contribution in [-0.4, -0.2) is 15.1 Å². The Hall–Kier alpha value is -1.16. The molecule has 4 heteroatoms. The minimum absolute atomic E-state index is 0.161. The molecule has 76 valence electrons. The first-order valence-corrected chi connectivity index (χ1v) is 5.00. The second-order valence-electron chi connectivity index (χ2n) is 3.76. The third-order valence-electron chi connectivity index (χ3n) is 2.73. The van der Waals surface area contributed by atoms with E-state index in [9.17, 15) is 4.79 Å². The summed E-state index contributed by atoms with van der Waals surface area (Å²) in [5.41, 5.74) is 0.682. The molecule has 0 bridgehead atoms. The van der Waals surface area contributed by atoms with Crippen LogP contribution in [0.15, 0.2) is 10.9 Å². The second kappa shape index (κ2) is 3.92. The zero-order valence-corrected chi connectivity index (χ0v) is 7.99. The molecule has 1 aliphatic rings. The zero-order valence-electron chi connectivity index (χ0n) is 7.99. The molecule has 1 saturated carbocycles. The van der Waals surface area contributed by atoms with Crippen LogP contribution in [0.3, 0.4) is 0 Å². The van der Waals surface area contributed by atoms with Crippen LogP contribution in [0.4, 0.5) is 0 Å². The molecule has 2 rings (SSSR count). The lowest BCUT2D eigenvalue weighted by atomic mass is 10.0. The Balaban J connectivity index is 2.32. The highest BCUT2D eigenvalue weighted by molar-refractivity contribution is 5.09. The van der Waals surface area contributed by atoms with Gasteiger partial charge in [0.25, 0.3) is 5.56 Å². The summed E-state index contributed by atoms with van der Waals surface area (Å²) in [5.74, 6) is 0.794. The fourth-order valence-electron chi connectivity index (χ4n) is 2.03. The maximum Gasteiger partial charge on any atom is 0.251 e. The number of nitrogens with one attached hydrogen (secondary N) is 1. The van der Waals surface area contributed by atoms with Crippen molar-refractivity contribution in [3.05, 3.63) is 27.9 Å². The van der Waals surface area contributed by atoms with Crippen LogP contribution >= 0.6 is 0 Å². The molecule has 0 aromatic carbocycles. The fraction of sp³-hybridized carbons (Fsp3) is 0.600. The lowest BCUT2D eigenvalue weighted by Gasteiger charge is -2.08. The van der Waals surface area contributed by atoms with E-state index in [2.05, 4.69) is 9.97 Å². The van der Waals surface area contributed by atoms with Gasteiger partial charge in [0.1, 0.15) is 12.4 Å². The molecule has 1 heterocycles. The Bertz CT molecular complexity index is 367. The smallest absolute Gasteiger partial charge is 0.251 e. The number of aromatic amines is 1.